The van der Waals surface area contributed by atoms with E-state index in [9.17, 15) is 8.60 Å². The molecule has 0 bridgehead atoms. The van der Waals surface area contributed by atoms with Gasteiger partial charge in [-0.25, -0.2) is 4.39 Å². The first-order chi connectivity index (χ1) is 8.16. The maximum absolute atomic E-state index is 12.9. The van der Waals surface area contributed by atoms with E-state index in [-0.39, 0.29) is 11.1 Å². The SMILES string of the molecule is Nc1cc(F)ccc1CS(=O)C1CCOCC1. The van der Waals surface area contributed by atoms with Crippen molar-refractivity contribution in [1.82, 2.24) is 0 Å². The Morgan fingerprint density at radius 1 is 1.41 bits per heavy atom. The molecule has 1 heterocycles. The second-order valence-electron chi connectivity index (χ2n) is 4.18. The summed E-state index contributed by atoms with van der Waals surface area (Å²) in [5, 5.41) is 0.174. The lowest BCUT2D eigenvalue weighted by atomic mass is 10.2. The standard InChI is InChI=1S/C12H16FNO2S/c13-10-2-1-9(12(14)7-10)8-17(15)11-3-5-16-6-4-11/h1-2,7,11H,3-6,8,14H2. The third-order valence-corrected chi connectivity index (χ3v) is 4.76. The molecule has 94 valence electrons. The fourth-order valence-corrected chi connectivity index (χ4v) is 3.43. The third-order valence-electron chi connectivity index (χ3n) is 2.95. The number of halogens is 1. The van der Waals surface area contributed by atoms with E-state index >= 15 is 0 Å². The second-order valence-corrected chi connectivity index (χ2v) is 5.90. The van der Waals surface area contributed by atoms with Gasteiger partial charge in [0.15, 0.2) is 0 Å². The molecule has 1 aromatic carbocycles. The van der Waals surface area contributed by atoms with Crippen LogP contribution >= 0.6 is 0 Å². The van der Waals surface area contributed by atoms with Crippen LogP contribution < -0.4 is 5.73 Å². The first-order valence-corrected chi connectivity index (χ1v) is 7.04. The smallest absolute Gasteiger partial charge is 0.125 e. The summed E-state index contributed by atoms with van der Waals surface area (Å²) in [4.78, 5) is 0. The Morgan fingerprint density at radius 3 is 2.76 bits per heavy atom. The summed E-state index contributed by atoms with van der Waals surface area (Å²) in [6.07, 6.45) is 1.65. The first kappa shape index (κ1) is 12.5. The lowest BCUT2D eigenvalue weighted by Crippen LogP contribution is -2.25. The highest BCUT2D eigenvalue weighted by molar-refractivity contribution is 7.84. The van der Waals surface area contributed by atoms with Gasteiger partial charge in [-0.15, -0.1) is 0 Å². The van der Waals surface area contributed by atoms with Crippen molar-refractivity contribution in [2.75, 3.05) is 18.9 Å². The van der Waals surface area contributed by atoms with Crippen molar-refractivity contribution < 1.29 is 13.3 Å². The molecule has 0 aliphatic carbocycles. The molecule has 0 saturated carbocycles. The molecule has 5 heteroatoms. The number of ether oxygens (including phenoxy) is 1. The predicted molar refractivity (Wildman–Crippen MR) is 66.5 cm³/mol. The normalized spacial score (nSPS) is 19.1. The zero-order valence-electron chi connectivity index (χ0n) is 9.52. The fraction of sp³-hybridized carbons (Fsp3) is 0.500. The lowest BCUT2D eigenvalue weighted by Gasteiger charge is -2.21. The monoisotopic (exact) mass is 257 g/mol. The Balaban J connectivity index is 2.02. The summed E-state index contributed by atoms with van der Waals surface area (Å²) in [6.45, 7) is 1.35. The summed E-state index contributed by atoms with van der Waals surface area (Å²) in [5.41, 5.74) is 6.84. The maximum Gasteiger partial charge on any atom is 0.125 e. The zero-order valence-corrected chi connectivity index (χ0v) is 10.3. The number of hydrogen-bond donors (Lipinski definition) is 1. The molecule has 1 aromatic rings. The highest BCUT2D eigenvalue weighted by Crippen LogP contribution is 2.20. The summed E-state index contributed by atoms with van der Waals surface area (Å²) in [6, 6.07) is 4.24. The molecule has 0 aromatic heterocycles. The van der Waals surface area contributed by atoms with E-state index in [1.165, 1.54) is 12.1 Å². The summed E-state index contributed by atoms with van der Waals surface area (Å²) in [7, 11) is -0.957. The van der Waals surface area contributed by atoms with Gasteiger partial charge in [-0.1, -0.05) is 6.07 Å². The summed E-state index contributed by atoms with van der Waals surface area (Å²) >= 11 is 0. The Morgan fingerprint density at radius 2 is 2.12 bits per heavy atom. The van der Waals surface area contributed by atoms with Crippen LogP contribution in [-0.2, 0) is 21.3 Å². The molecule has 1 unspecified atom stereocenters. The Labute approximate surface area is 103 Å². The van der Waals surface area contributed by atoms with Gasteiger partial charge in [0.1, 0.15) is 5.82 Å². The van der Waals surface area contributed by atoms with Crippen LogP contribution in [-0.4, -0.2) is 22.7 Å². The van der Waals surface area contributed by atoms with E-state index in [1.54, 1.807) is 6.07 Å². The molecule has 17 heavy (non-hydrogen) atoms. The number of hydrogen-bond acceptors (Lipinski definition) is 3. The molecule has 1 saturated heterocycles. The van der Waals surface area contributed by atoms with Gasteiger partial charge in [-0.2, -0.15) is 0 Å². The van der Waals surface area contributed by atoms with E-state index in [0.29, 0.717) is 24.7 Å². The Hall–Kier alpha value is -0.940. The van der Waals surface area contributed by atoms with Gasteiger partial charge >= 0.3 is 0 Å². The van der Waals surface area contributed by atoms with Gasteiger partial charge in [0, 0.05) is 35.0 Å². The van der Waals surface area contributed by atoms with E-state index in [2.05, 4.69) is 0 Å². The fourth-order valence-electron chi connectivity index (χ4n) is 1.91. The van der Waals surface area contributed by atoms with Gasteiger partial charge in [-0.3, -0.25) is 4.21 Å². The molecule has 3 nitrogen and oxygen atoms in total. The summed E-state index contributed by atoms with van der Waals surface area (Å²) < 4.78 is 30.2. The van der Waals surface area contributed by atoms with E-state index in [0.717, 1.165) is 18.4 Å². The minimum absolute atomic E-state index is 0.174. The van der Waals surface area contributed by atoms with Gasteiger partial charge in [-0.05, 0) is 30.5 Å². The number of nitrogens with two attached hydrogens (primary N) is 1. The average molecular weight is 257 g/mol. The van der Waals surface area contributed by atoms with Crippen molar-refractivity contribution in [2.45, 2.75) is 23.8 Å². The van der Waals surface area contributed by atoms with Gasteiger partial charge in [0.2, 0.25) is 0 Å². The number of anilines is 1. The van der Waals surface area contributed by atoms with Crippen molar-refractivity contribution in [3.05, 3.63) is 29.6 Å². The highest BCUT2D eigenvalue weighted by atomic mass is 32.2. The molecular formula is C12H16FNO2S. The second kappa shape index (κ2) is 5.60. The van der Waals surface area contributed by atoms with E-state index < -0.39 is 10.8 Å². The molecule has 1 atom stereocenters. The van der Waals surface area contributed by atoms with Crippen LogP contribution in [0.3, 0.4) is 0 Å². The van der Waals surface area contributed by atoms with Crippen LogP contribution in [0.5, 0.6) is 0 Å². The van der Waals surface area contributed by atoms with Gasteiger partial charge in [0.25, 0.3) is 0 Å². The van der Waals surface area contributed by atoms with Crippen molar-refractivity contribution in [2.24, 2.45) is 0 Å². The van der Waals surface area contributed by atoms with Gasteiger partial charge in [0.05, 0.1) is 5.75 Å². The molecule has 0 amide bonds. The quantitative estimate of drug-likeness (QED) is 0.841. The van der Waals surface area contributed by atoms with E-state index in [1.807, 2.05) is 0 Å². The first-order valence-electron chi connectivity index (χ1n) is 5.65. The molecule has 2 N–H and O–H groups in total. The van der Waals surface area contributed by atoms with Crippen LogP contribution in [0.15, 0.2) is 18.2 Å². The minimum atomic E-state index is -0.957. The van der Waals surface area contributed by atoms with Crippen LogP contribution in [0.4, 0.5) is 10.1 Å². The van der Waals surface area contributed by atoms with E-state index in [4.69, 9.17) is 10.5 Å². The molecular weight excluding hydrogens is 241 g/mol. The number of nitrogen functional groups attached to an aromatic ring is 1. The lowest BCUT2D eigenvalue weighted by molar-refractivity contribution is 0.0992. The largest absolute Gasteiger partial charge is 0.398 e. The van der Waals surface area contributed by atoms with Crippen LogP contribution in [0.25, 0.3) is 0 Å². The molecule has 1 aliphatic rings. The predicted octanol–water partition coefficient (Wildman–Crippen LogP) is 1.84. The third kappa shape index (κ3) is 3.26. The Kier molecular flexibility index (Phi) is 4.12. The maximum atomic E-state index is 12.9. The Bertz CT molecular complexity index is 419. The van der Waals surface area contributed by atoms with Crippen molar-refractivity contribution in [3.8, 4) is 0 Å². The molecule has 0 radical (unpaired) electrons. The number of rotatable bonds is 3. The van der Waals surface area contributed by atoms with Crippen LogP contribution in [0, 0.1) is 5.82 Å². The van der Waals surface area contributed by atoms with Crippen LogP contribution in [0.2, 0.25) is 0 Å². The molecule has 2 rings (SSSR count). The van der Waals surface area contributed by atoms with Crippen LogP contribution in [0.1, 0.15) is 18.4 Å². The minimum Gasteiger partial charge on any atom is -0.398 e. The topological polar surface area (TPSA) is 52.3 Å². The average Bonchev–Trinajstić information content (AvgIpc) is 2.34. The zero-order chi connectivity index (χ0) is 12.3. The summed E-state index contributed by atoms with van der Waals surface area (Å²) in [5.74, 6) is 0.0413. The molecule has 1 fully saturated rings. The van der Waals surface area contributed by atoms with Crippen molar-refractivity contribution in [3.63, 3.8) is 0 Å². The van der Waals surface area contributed by atoms with Crippen molar-refractivity contribution in [1.29, 1.82) is 0 Å². The highest BCUT2D eigenvalue weighted by Gasteiger charge is 2.20. The van der Waals surface area contributed by atoms with Gasteiger partial charge < -0.3 is 10.5 Å². The molecule has 1 aliphatic heterocycles. The number of benzene rings is 1. The molecule has 0 spiro atoms. The van der Waals surface area contributed by atoms with Crippen molar-refractivity contribution >= 4 is 16.5 Å².